The third-order valence-electron chi connectivity index (χ3n) is 1.74. The van der Waals surface area contributed by atoms with E-state index in [0.29, 0.717) is 0 Å². The maximum atomic E-state index is 11.0. The molecule has 0 saturated carbocycles. The second kappa shape index (κ2) is 3.95. The van der Waals surface area contributed by atoms with Crippen LogP contribution >= 0.6 is 0 Å². The largest absolute Gasteiger partial charge is 0.293 e. The number of aromatic nitrogens is 1. The lowest BCUT2D eigenvalue weighted by atomic mass is 10.2. The van der Waals surface area contributed by atoms with Crippen LogP contribution in [0.25, 0.3) is 0 Å². The first-order chi connectivity index (χ1) is 6.91. The van der Waals surface area contributed by atoms with E-state index in [-0.39, 0.29) is 17.1 Å². The normalized spacial score (nSPS) is 9.73. The molecular weight excluding hydrogens is 200 g/mol. The fraction of sp³-hybridized carbons (Fsp3) is 0.222. The van der Waals surface area contributed by atoms with Crippen LogP contribution in [0.3, 0.4) is 0 Å². The Morgan fingerprint density at radius 1 is 1.20 bits per heavy atom. The van der Waals surface area contributed by atoms with Crippen molar-refractivity contribution in [3.05, 3.63) is 33.6 Å². The fourth-order valence-corrected chi connectivity index (χ4v) is 0.982. The summed E-state index contributed by atoms with van der Waals surface area (Å²) in [4.78, 5) is 35.5. The Morgan fingerprint density at radius 2 is 1.60 bits per heavy atom. The zero-order valence-electron chi connectivity index (χ0n) is 8.18. The molecule has 0 amide bonds. The lowest BCUT2D eigenvalue weighted by Crippen LogP contribution is -2.05. The van der Waals surface area contributed by atoms with E-state index in [1.807, 2.05) is 0 Å². The van der Waals surface area contributed by atoms with Gasteiger partial charge in [0.2, 0.25) is 0 Å². The summed E-state index contributed by atoms with van der Waals surface area (Å²) in [6.45, 7) is 2.46. The average Bonchev–Trinajstić information content (AvgIpc) is 2.16. The zero-order chi connectivity index (χ0) is 11.6. The van der Waals surface area contributed by atoms with Crippen LogP contribution in [0, 0.1) is 10.1 Å². The molecule has 0 aliphatic rings. The minimum absolute atomic E-state index is 0.0746. The quantitative estimate of drug-likeness (QED) is 0.425. The van der Waals surface area contributed by atoms with Gasteiger partial charge >= 0.3 is 0 Å². The molecular formula is C9H8N2O4. The monoisotopic (exact) mass is 208 g/mol. The Morgan fingerprint density at radius 3 is 1.87 bits per heavy atom. The zero-order valence-corrected chi connectivity index (χ0v) is 8.18. The van der Waals surface area contributed by atoms with Gasteiger partial charge in [0, 0.05) is 26.0 Å². The molecule has 0 N–H and O–H groups in total. The van der Waals surface area contributed by atoms with Crippen LogP contribution in [0.4, 0.5) is 5.69 Å². The Kier molecular flexibility index (Phi) is 2.89. The van der Waals surface area contributed by atoms with Gasteiger partial charge in [-0.05, 0) is 0 Å². The summed E-state index contributed by atoms with van der Waals surface area (Å²) in [6.07, 6.45) is 0. The number of nitrogens with zero attached hydrogens (tertiary/aromatic N) is 2. The fourth-order valence-electron chi connectivity index (χ4n) is 0.982. The van der Waals surface area contributed by atoms with Gasteiger partial charge in [0.1, 0.15) is 11.4 Å². The SMILES string of the molecule is CC(=O)c1cc([N+](=O)[O-])cc(C(C)=O)n1. The lowest BCUT2D eigenvalue weighted by Gasteiger charge is -1.99. The summed E-state index contributed by atoms with van der Waals surface area (Å²) < 4.78 is 0. The second-order valence-corrected chi connectivity index (χ2v) is 2.97. The number of pyridine rings is 1. The van der Waals surface area contributed by atoms with Crippen LogP contribution in [0.15, 0.2) is 12.1 Å². The first kappa shape index (κ1) is 11.0. The number of carbonyl (C=O) groups excluding carboxylic acids is 2. The third-order valence-corrected chi connectivity index (χ3v) is 1.74. The molecule has 1 heterocycles. The Bertz CT molecular complexity index is 374. The standard InChI is InChI=1S/C9H8N2O4/c1-5(12)8-3-7(11(14)15)4-9(10-8)6(2)13/h3-4H,1-2H3. The molecule has 1 rings (SSSR count). The van der Waals surface area contributed by atoms with Crippen molar-refractivity contribution in [2.75, 3.05) is 0 Å². The van der Waals surface area contributed by atoms with E-state index < -0.39 is 16.5 Å². The molecule has 6 heteroatoms. The summed E-state index contributed by atoms with van der Waals surface area (Å²) in [5.74, 6) is -0.831. The van der Waals surface area contributed by atoms with E-state index in [2.05, 4.69) is 4.98 Å². The summed E-state index contributed by atoms with van der Waals surface area (Å²) in [6, 6.07) is 2.10. The van der Waals surface area contributed by atoms with Crippen molar-refractivity contribution >= 4 is 17.3 Å². The highest BCUT2D eigenvalue weighted by Gasteiger charge is 2.15. The first-order valence-corrected chi connectivity index (χ1v) is 4.10. The first-order valence-electron chi connectivity index (χ1n) is 4.10. The maximum absolute atomic E-state index is 11.0. The average molecular weight is 208 g/mol. The number of Topliss-reactive ketones (excluding diaryl/α,β-unsaturated/α-hetero) is 2. The van der Waals surface area contributed by atoms with Crippen LogP contribution in [-0.4, -0.2) is 21.5 Å². The van der Waals surface area contributed by atoms with Crippen molar-refractivity contribution in [3.63, 3.8) is 0 Å². The Hall–Kier alpha value is -2.11. The van der Waals surface area contributed by atoms with E-state index in [4.69, 9.17) is 0 Å². The van der Waals surface area contributed by atoms with Gasteiger partial charge in [-0.1, -0.05) is 0 Å². The summed E-state index contributed by atoms with van der Waals surface area (Å²) >= 11 is 0. The van der Waals surface area contributed by atoms with Crippen LogP contribution in [0.1, 0.15) is 34.8 Å². The van der Waals surface area contributed by atoms with Gasteiger partial charge in [0.25, 0.3) is 5.69 Å². The van der Waals surface area contributed by atoms with Gasteiger partial charge in [0.15, 0.2) is 11.6 Å². The molecule has 0 saturated heterocycles. The second-order valence-electron chi connectivity index (χ2n) is 2.97. The molecule has 0 aliphatic heterocycles. The molecule has 15 heavy (non-hydrogen) atoms. The van der Waals surface area contributed by atoms with Gasteiger partial charge in [-0.15, -0.1) is 0 Å². The molecule has 0 atom stereocenters. The van der Waals surface area contributed by atoms with Crippen molar-refractivity contribution in [3.8, 4) is 0 Å². The maximum Gasteiger partial charge on any atom is 0.274 e. The van der Waals surface area contributed by atoms with Gasteiger partial charge in [-0.3, -0.25) is 19.7 Å². The summed E-state index contributed by atoms with van der Waals surface area (Å²) in [5.41, 5.74) is -0.454. The smallest absolute Gasteiger partial charge is 0.274 e. The molecule has 0 bridgehead atoms. The molecule has 0 fully saturated rings. The molecule has 0 aliphatic carbocycles. The van der Waals surface area contributed by atoms with Crippen molar-refractivity contribution in [2.24, 2.45) is 0 Å². The minimum atomic E-state index is -0.666. The van der Waals surface area contributed by atoms with Gasteiger partial charge in [0.05, 0.1) is 4.92 Å². The van der Waals surface area contributed by atoms with E-state index in [0.717, 1.165) is 12.1 Å². The molecule has 78 valence electrons. The van der Waals surface area contributed by atoms with Gasteiger partial charge in [-0.2, -0.15) is 0 Å². The molecule has 0 spiro atoms. The third kappa shape index (κ3) is 2.43. The Labute approximate surface area is 85.1 Å². The van der Waals surface area contributed by atoms with Crippen molar-refractivity contribution in [1.82, 2.24) is 4.98 Å². The molecule has 1 aromatic heterocycles. The number of nitro groups is 1. The number of carbonyl (C=O) groups is 2. The number of rotatable bonds is 3. The summed E-state index contributed by atoms with van der Waals surface area (Å²) in [5, 5.41) is 10.5. The van der Waals surface area contributed by atoms with E-state index in [1.54, 1.807) is 0 Å². The molecule has 0 unspecified atom stereocenters. The number of hydrogen-bond acceptors (Lipinski definition) is 5. The van der Waals surface area contributed by atoms with Crippen molar-refractivity contribution in [1.29, 1.82) is 0 Å². The van der Waals surface area contributed by atoms with Gasteiger partial charge < -0.3 is 0 Å². The van der Waals surface area contributed by atoms with E-state index in [1.165, 1.54) is 13.8 Å². The van der Waals surface area contributed by atoms with Crippen LogP contribution in [0.5, 0.6) is 0 Å². The highest BCUT2D eigenvalue weighted by molar-refractivity contribution is 5.97. The predicted octanol–water partition coefficient (Wildman–Crippen LogP) is 1.40. The number of hydrogen-bond donors (Lipinski definition) is 0. The van der Waals surface area contributed by atoms with Crippen molar-refractivity contribution in [2.45, 2.75) is 13.8 Å². The predicted molar refractivity (Wildman–Crippen MR) is 50.9 cm³/mol. The van der Waals surface area contributed by atoms with E-state index >= 15 is 0 Å². The van der Waals surface area contributed by atoms with Crippen LogP contribution < -0.4 is 0 Å². The Balaban J connectivity index is 3.39. The summed E-state index contributed by atoms with van der Waals surface area (Å²) in [7, 11) is 0. The van der Waals surface area contributed by atoms with Crippen LogP contribution in [0.2, 0.25) is 0 Å². The molecule has 6 nitrogen and oxygen atoms in total. The minimum Gasteiger partial charge on any atom is -0.293 e. The molecule has 0 aromatic carbocycles. The van der Waals surface area contributed by atoms with E-state index in [9.17, 15) is 19.7 Å². The van der Waals surface area contributed by atoms with Gasteiger partial charge in [-0.25, -0.2) is 4.98 Å². The van der Waals surface area contributed by atoms with Crippen LogP contribution in [-0.2, 0) is 0 Å². The molecule has 1 aromatic rings. The highest BCUT2D eigenvalue weighted by atomic mass is 16.6. The lowest BCUT2D eigenvalue weighted by molar-refractivity contribution is -0.385. The molecule has 0 radical (unpaired) electrons. The highest BCUT2D eigenvalue weighted by Crippen LogP contribution is 2.15. The van der Waals surface area contributed by atoms with Crippen molar-refractivity contribution < 1.29 is 14.5 Å². The number of ketones is 2. The topological polar surface area (TPSA) is 90.2 Å².